The SMILES string of the molecule is CSC1CCCC1NCCO. The Hall–Kier alpha value is 0.270. The van der Waals surface area contributed by atoms with Crippen LogP contribution in [-0.4, -0.2) is 35.8 Å². The topological polar surface area (TPSA) is 32.3 Å². The van der Waals surface area contributed by atoms with Gasteiger partial charge in [-0.05, 0) is 19.1 Å². The highest BCUT2D eigenvalue weighted by Gasteiger charge is 2.25. The Balaban J connectivity index is 2.20. The van der Waals surface area contributed by atoms with Gasteiger partial charge in [0.15, 0.2) is 0 Å². The molecule has 0 spiro atoms. The van der Waals surface area contributed by atoms with Crippen molar-refractivity contribution in [1.29, 1.82) is 0 Å². The third kappa shape index (κ3) is 2.65. The summed E-state index contributed by atoms with van der Waals surface area (Å²) in [6.45, 7) is 1.01. The lowest BCUT2D eigenvalue weighted by Gasteiger charge is -2.18. The van der Waals surface area contributed by atoms with Gasteiger partial charge in [-0.2, -0.15) is 11.8 Å². The second-order valence-electron chi connectivity index (χ2n) is 2.99. The van der Waals surface area contributed by atoms with E-state index in [1.807, 2.05) is 11.8 Å². The van der Waals surface area contributed by atoms with Gasteiger partial charge < -0.3 is 10.4 Å². The molecular formula is C8H17NOS. The van der Waals surface area contributed by atoms with E-state index in [1.165, 1.54) is 19.3 Å². The average Bonchev–Trinajstić information content (AvgIpc) is 2.47. The van der Waals surface area contributed by atoms with E-state index >= 15 is 0 Å². The highest BCUT2D eigenvalue weighted by atomic mass is 32.2. The molecule has 1 saturated carbocycles. The average molecular weight is 175 g/mol. The zero-order valence-electron chi connectivity index (χ0n) is 7.05. The van der Waals surface area contributed by atoms with E-state index in [1.54, 1.807) is 0 Å². The van der Waals surface area contributed by atoms with Gasteiger partial charge in [-0.15, -0.1) is 0 Å². The summed E-state index contributed by atoms with van der Waals surface area (Å²) in [7, 11) is 0. The number of aliphatic hydroxyl groups excluding tert-OH is 1. The van der Waals surface area contributed by atoms with E-state index in [9.17, 15) is 0 Å². The van der Waals surface area contributed by atoms with Crippen LogP contribution in [-0.2, 0) is 0 Å². The van der Waals surface area contributed by atoms with E-state index in [0.29, 0.717) is 6.04 Å². The van der Waals surface area contributed by atoms with Gasteiger partial charge in [0, 0.05) is 17.8 Å². The lowest BCUT2D eigenvalue weighted by atomic mass is 10.2. The van der Waals surface area contributed by atoms with Crippen LogP contribution in [0.1, 0.15) is 19.3 Å². The molecule has 0 radical (unpaired) electrons. The Morgan fingerprint density at radius 3 is 3.00 bits per heavy atom. The lowest BCUT2D eigenvalue weighted by Crippen LogP contribution is -2.35. The van der Waals surface area contributed by atoms with E-state index in [4.69, 9.17) is 5.11 Å². The zero-order valence-corrected chi connectivity index (χ0v) is 7.86. The molecular weight excluding hydrogens is 158 g/mol. The molecule has 1 aliphatic carbocycles. The molecule has 1 fully saturated rings. The van der Waals surface area contributed by atoms with Crippen molar-refractivity contribution in [3.63, 3.8) is 0 Å². The molecule has 0 aliphatic heterocycles. The van der Waals surface area contributed by atoms with Gasteiger partial charge in [0.05, 0.1) is 6.61 Å². The summed E-state index contributed by atoms with van der Waals surface area (Å²) in [5.74, 6) is 0. The van der Waals surface area contributed by atoms with Gasteiger partial charge in [-0.1, -0.05) is 6.42 Å². The highest BCUT2D eigenvalue weighted by Crippen LogP contribution is 2.27. The number of aliphatic hydroxyl groups is 1. The fraction of sp³-hybridized carbons (Fsp3) is 1.00. The molecule has 66 valence electrons. The Bertz CT molecular complexity index is 110. The fourth-order valence-electron chi connectivity index (χ4n) is 1.69. The number of hydrogen-bond acceptors (Lipinski definition) is 3. The first-order valence-electron chi connectivity index (χ1n) is 4.25. The zero-order chi connectivity index (χ0) is 8.10. The summed E-state index contributed by atoms with van der Waals surface area (Å²) >= 11 is 1.95. The summed E-state index contributed by atoms with van der Waals surface area (Å²) in [4.78, 5) is 0. The lowest BCUT2D eigenvalue weighted by molar-refractivity contribution is 0.285. The molecule has 0 amide bonds. The summed E-state index contributed by atoms with van der Waals surface area (Å²) < 4.78 is 0. The normalized spacial score (nSPS) is 31.1. The van der Waals surface area contributed by atoms with Gasteiger partial charge in [-0.3, -0.25) is 0 Å². The Morgan fingerprint density at radius 1 is 1.55 bits per heavy atom. The first-order valence-corrected chi connectivity index (χ1v) is 5.54. The van der Waals surface area contributed by atoms with Crippen LogP contribution in [0, 0.1) is 0 Å². The molecule has 3 heteroatoms. The molecule has 2 N–H and O–H groups in total. The van der Waals surface area contributed by atoms with Crippen LogP contribution >= 0.6 is 11.8 Å². The van der Waals surface area contributed by atoms with E-state index < -0.39 is 0 Å². The quantitative estimate of drug-likeness (QED) is 0.664. The summed E-state index contributed by atoms with van der Waals surface area (Å²) in [6.07, 6.45) is 6.13. The minimum absolute atomic E-state index is 0.262. The van der Waals surface area contributed by atoms with Crippen LogP contribution in [0.5, 0.6) is 0 Å². The maximum Gasteiger partial charge on any atom is 0.0556 e. The van der Waals surface area contributed by atoms with Gasteiger partial charge >= 0.3 is 0 Å². The second kappa shape index (κ2) is 5.01. The van der Waals surface area contributed by atoms with Crippen LogP contribution in [0.25, 0.3) is 0 Å². The van der Waals surface area contributed by atoms with Crippen molar-refractivity contribution in [1.82, 2.24) is 5.32 Å². The highest BCUT2D eigenvalue weighted by molar-refractivity contribution is 7.99. The molecule has 0 saturated heterocycles. The summed E-state index contributed by atoms with van der Waals surface area (Å²) in [5.41, 5.74) is 0. The summed E-state index contributed by atoms with van der Waals surface area (Å²) in [6, 6.07) is 0.650. The van der Waals surface area contributed by atoms with Gasteiger partial charge in [0.1, 0.15) is 0 Å². The first-order chi connectivity index (χ1) is 5.38. The minimum Gasteiger partial charge on any atom is -0.395 e. The maximum absolute atomic E-state index is 8.62. The van der Waals surface area contributed by atoms with Crippen LogP contribution in [0.4, 0.5) is 0 Å². The molecule has 11 heavy (non-hydrogen) atoms. The summed E-state index contributed by atoms with van der Waals surface area (Å²) in [5, 5.41) is 12.8. The molecule has 0 aromatic rings. The number of thioether (sulfide) groups is 1. The van der Waals surface area contributed by atoms with Crippen molar-refractivity contribution in [2.45, 2.75) is 30.6 Å². The van der Waals surface area contributed by atoms with Crippen molar-refractivity contribution in [3.05, 3.63) is 0 Å². The maximum atomic E-state index is 8.62. The Morgan fingerprint density at radius 2 is 2.36 bits per heavy atom. The van der Waals surface area contributed by atoms with Crippen molar-refractivity contribution in [2.24, 2.45) is 0 Å². The third-order valence-electron chi connectivity index (χ3n) is 2.27. The second-order valence-corrected chi connectivity index (χ2v) is 4.07. The molecule has 2 atom stereocenters. The minimum atomic E-state index is 0.262. The van der Waals surface area contributed by atoms with Gasteiger partial charge in [0.25, 0.3) is 0 Å². The van der Waals surface area contributed by atoms with Crippen molar-refractivity contribution < 1.29 is 5.11 Å². The van der Waals surface area contributed by atoms with Gasteiger partial charge in [0.2, 0.25) is 0 Å². The molecule has 1 aliphatic rings. The van der Waals surface area contributed by atoms with Crippen molar-refractivity contribution in [2.75, 3.05) is 19.4 Å². The molecule has 0 aromatic carbocycles. The predicted molar refractivity (Wildman–Crippen MR) is 50.0 cm³/mol. The molecule has 0 bridgehead atoms. The number of rotatable bonds is 4. The van der Waals surface area contributed by atoms with Crippen LogP contribution in [0.2, 0.25) is 0 Å². The predicted octanol–water partition coefficient (Wildman–Crippen LogP) is 0.852. The van der Waals surface area contributed by atoms with Crippen LogP contribution < -0.4 is 5.32 Å². The number of hydrogen-bond donors (Lipinski definition) is 2. The van der Waals surface area contributed by atoms with E-state index in [0.717, 1.165) is 11.8 Å². The first kappa shape index (κ1) is 9.36. The Labute approximate surface area is 72.8 Å². The monoisotopic (exact) mass is 175 g/mol. The van der Waals surface area contributed by atoms with E-state index in [2.05, 4.69) is 11.6 Å². The fourth-order valence-corrected chi connectivity index (χ4v) is 2.65. The van der Waals surface area contributed by atoms with Crippen molar-refractivity contribution >= 4 is 11.8 Å². The largest absolute Gasteiger partial charge is 0.395 e. The van der Waals surface area contributed by atoms with E-state index in [-0.39, 0.29) is 6.61 Å². The third-order valence-corrected chi connectivity index (χ3v) is 3.44. The standard InChI is InChI=1S/C8H17NOS/c1-11-8-4-2-3-7(8)9-5-6-10/h7-10H,2-6H2,1H3. The molecule has 2 unspecified atom stereocenters. The molecule has 2 nitrogen and oxygen atoms in total. The van der Waals surface area contributed by atoms with Crippen molar-refractivity contribution in [3.8, 4) is 0 Å². The molecule has 1 rings (SSSR count). The molecule has 0 heterocycles. The number of nitrogens with one attached hydrogen (secondary N) is 1. The Kier molecular flexibility index (Phi) is 4.26. The smallest absolute Gasteiger partial charge is 0.0556 e. The van der Waals surface area contributed by atoms with Crippen LogP contribution in [0.3, 0.4) is 0 Å². The molecule has 0 aromatic heterocycles. The van der Waals surface area contributed by atoms with Crippen LogP contribution in [0.15, 0.2) is 0 Å². The van der Waals surface area contributed by atoms with Gasteiger partial charge in [-0.25, -0.2) is 0 Å².